The van der Waals surface area contributed by atoms with Gasteiger partial charge < -0.3 is 9.32 Å². The summed E-state index contributed by atoms with van der Waals surface area (Å²) < 4.78 is 6.39. The number of rotatable bonds is 4. The highest BCUT2D eigenvalue weighted by atomic mass is 16.3. The molecule has 7 aromatic carbocycles. The van der Waals surface area contributed by atoms with E-state index in [0.717, 1.165) is 50.3 Å². The molecular weight excluding hydrogens is 667 g/mol. The molecule has 0 amide bonds. The molecule has 8 aromatic rings. The molecule has 0 unspecified atom stereocenters. The Morgan fingerprint density at radius 3 is 1.71 bits per heavy atom. The van der Waals surface area contributed by atoms with E-state index in [9.17, 15) is 0 Å². The number of hydrogen-bond donors (Lipinski definition) is 0. The van der Waals surface area contributed by atoms with E-state index in [1.807, 2.05) is 0 Å². The zero-order valence-electron chi connectivity index (χ0n) is 33.1. The normalized spacial score (nSPS) is 14.8. The lowest BCUT2D eigenvalue weighted by molar-refractivity contribution is 0.584. The van der Waals surface area contributed by atoms with E-state index >= 15 is 0 Å². The summed E-state index contributed by atoms with van der Waals surface area (Å²) in [6.07, 6.45) is 0. The summed E-state index contributed by atoms with van der Waals surface area (Å²) in [5.41, 5.74) is 20.9. The molecule has 0 saturated carbocycles. The van der Waals surface area contributed by atoms with Crippen molar-refractivity contribution >= 4 is 39.0 Å². The molecule has 10 rings (SSSR count). The zero-order chi connectivity index (χ0) is 38.0. The van der Waals surface area contributed by atoms with Crippen molar-refractivity contribution in [2.75, 3.05) is 4.90 Å². The van der Waals surface area contributed by atoms with Gasteiger partial charge in [0.1, 0.15) is 11.2 Å². The van der Waals surface area contributed by atoms with Crippen molar-refractivity contribution in [3.63, 3.8) is 0 Å². The van der Waals surface area contributed by atoms with Crippen molar-refractivity contribution in [3.05, 3.63) is 173 Å². The van der Waals surface area contributed by atoms with Crippen LogP contribution in [-0.4, -0.2) is 0 Å². The maximum absolute atomic E-state index is 6.39. The molecule has 2 nitrogen and oxygen atoms in total. The quantitative estimate of drug-likeness (QED) is 0.181. The summed E-state index contributed by atoms with van der Waals surface area (Å²) in [5, 5.41) is 2.33. The second kappa shape index (κ2) is 11.6. The highest BCUT2D eigenvalue weighted by Gasteiger charge is 2.38. The predicted octanol–water partition coefficient (Wildman–Crippen LogP) is 14.9. The number of hydrogen-bond acceptors (Lipinski definition) is 2. The van der Waals surface area contributed by atoms with Gasteiger partial charge in [0.25, 0.3) is 0 Å². The zero-order valence-corrected chi connectivity index (χ0v) is 33.1. The highest BCUT2D eigenvalue weighted by molar-refractivity contribution is 6.07. The molecule has 2 aliphatic rings. The Bertz CT molecular complexity index is 2860. The summed E-state index contributed by atoms with van der Waals surface area (Å²) in [6, 6.07) is 52.3. The molecule has 0 bridgehead atoms. The van der Waals surface area contributed by atoms with E-state index in [1.165, 1.54) is 55.5 Å². The van der Waals surface area contributed by atoms with Gasteiger partial charge in [-0.1, -0.05) is 139 Å². The number of anilines is 3. The highest BCUT2D eigenvalue weighted by Crippen LogP contribution is 2.53. The van der Waals surface area contributed by atoms with Gasteiger partial charge in [0.05, 0.1) is 0 Å². The Kier molecular flexibility index (Phi) is 7.09. The third-order valence-electron chi connectivity index (χ3n) is 12.8. The number of furan rings is 1. The minimum absolute atomic E-state index is 0.0892. The molecule has 55 heavy (non-hydrogen) atoms. The molecule has 0 spiro atoms. The predicted molar refractivity (Wildman–Crippen MR) is 232 cm³/mol. The second-order valence-corrected chi connectivity index (χ2v) is 17.9. The van der Waals surface area contributed by atoms with Gasteiger partial charge in [0.15, 0.2) is 0 Å². The summed E-state index contributed by atoms with van der Waals surface area (Å²) in [5.74, 6) is 0. The largest absolute Gasteiger partial charge is 0.456 e. The van der Waals surface area contributed by atoms with Crippen LogP contribution in [-0.2, 0) is 16.2 Å². The van der Waals surface area contributed by atoms with Crippen molar-refractivity contribution in [3.8, 4) is 33.4 Å². The Morgan fingerprint density at radius 1 is 0.473 bits per heavy atom. The number of benzene rings is 7. The fourth-order valence-corrected chi connectivity index (χ4v) is 9.53. The molecule has 0 fully saturated rings. The molecule has 1 aromatic heterocycles. The van der Waals surface area contributed by atoms with Gasteiger partial charge in [-0.2, -0.15) is 0 Å². The topological polar surface area (TPSA) is 16.4 Å². The maximum atomic E-state index is 6.39. The number of fused-ring (bicyclic) bond motifs is 9. The fraction of sp³-hybridized carbons (Fsp3) is 0.208. The Hall–Kier alpha value is -5.86. The van der Waals surface area contributed by atoms with Crippen LogP contribution in [0.15, 0.2) is 144 Å². The minimum Gasteiger partial charge on any atom is -0.456 e. The van der Waals surface area contributed by atoms with E-state index in [2.05, 4.69) is 200 Å². The molecule has 0 aliphatic heterocycles. The fourth-order valence-electron chi connectivity index (χ4n) is 9.53. The van der Waals surface area contributed by atoms with E-state index in [1.54, 1.807) is 0 Å². The van der Waals surface area contributed by atoms with Crippen molar-refractivity contribution in [1.82, 2.24) is 0 Å². The molecule has 2 heteroatoms. The van der Waals surface area contributed by atoms with Crippen LogP contribution in [0, 0.1) is 6.92 Å². The summed E-state index contributed by atoms with van der Waals surface area (Å²) in [6.45, 7) is 18.5. The third kappa shape index (κ3) is 5.00. The summed E-state index contributed by atoms with van der Waals surface area (Å²) >= 11 is 0. The van der Waals surface area contributed by atoms with E-state index in [0.29, 0.717) is 0 Å². The molecule has 0 atom stereocenters. The number of aryl methyl sites for hydroxylation is 1. The molecule has 1 heterocycles. The van der Waals surface area contributed by atoms with E-state index < -0.39 is 0 Å². The van der Waals surface area contributed by atoms with Gasteiger partial charge in [-0.15, -0.1) is 0 Å². The standard InChI is InChI=1S/C53H47NO/c1-32-12-11-14-44-43-24-18-34(28-49(43)55-50(32)44)33-16-20-36(21-17-33)54(37-22-26-41-39-13-9-10-15-45(39)52(5,6)47(41)30-37)38-23-27-42-40-25-19-35(51(2,3)4)29-46(40)53(7,8)48(42)31-38/h9-31H,1-8H3. The lowest BCUT2D eigenvalue weighted by Crippen LogP contribution is -2.19. The SMILES string of the molecule is Cc1cccc2c1oc1cc(-c3ccc(N(c4ccc5c(c4)C(C)(C)c4ccccc4-5)c4ccc5c(c4)C(C)(C)c4cc(C(C)(C)C)ccc4-5)cc3)ccc12. The van der Waals surface area contributed by atoms with Crippen molar-refractivity contribution in [2.45, 2.75) is 71.6 Å². The second-order valence-electron chi connectivity index (χ2n) is 17.9. The average Bonchev–Trinajstić information content (AvgIpc) is 3.75. The smallest absolute Gasteiger partial charge is 0.138 e. The first-order valence-corrected chi connectivity index (χ1v) is 19.7. The van der Waals surface area contributed by atoms with Gasteiger partial charge in [-0.05, 0) is 128 Å². The van der Waals surface area contributed by atoms with Crippen LogP contribution in [0.25, 0.3) is 55.3 Å². The maximum Gasteiger partial charge on any atom is 0.138 e. The van der Waals surface area contributed by atoms with Gasteiger partial charge in [0, 0.05) is 38.7 Å². The minimum atomic E-state index is -0.132. The Labute approximate surface area is 325 Å². The van der Waals surface area contributed by atoms with Crippen molar-refractivity contribution in [2.24, 2.45) is 0 Å². The summed E-state index contributed by atoms with van der Waals surface area (Å²) in [7, 11) is 0. The lowest BCUT2D eigenvalue weighted by atomic mass is 9.79. The van der Waals surface area contributed by atoms with Crippen LogP contribution >= 0.6 is 0 Å². The summed E-state index contributed by atoms with van der Waals surface area (Å²) in [4.78, 5) is 2.45. The first kappa shape index (κ1) is 33.7. The van der Waals surface area contributed by atoms with Crippen LogP contribution in [0.1, 0.15) is 81.8 Å². The monoisotopic (exact) mass is 713 g/mol. The van der Waals surface area contributed by atoms with Gasteiger partial charge >= 0.3 is 0 Å². The average molecular weight is 714 g/mol. The third-order valence-corrected chi connectivity index (χ3v) is 12.8. The Morgan fingerprint density at radius 2 is 1.04 bits per heavy atom. The van der Waals surface area contributed by atoms with Crippen LogP contribution in [0.2, 0.25) is 0 Å². The van der Waals surface area contributed by atoms with Crippen LogP contribution in [0.3, 0.4) is 0 Å². The number of nitrogens with zero attached hydrogens (tertiary/aromatic N) is 1. The lowest BCUT2D eigenvalue weighted by Gasteiger charge is -2.30. The van der Waals surface area contributed by atoms with Crippen LogP contribution < -0.4 is 4.90 Å². The van der Waals surface area contributed by atoms with Gasteiger partial charge in [-0.25, -0.2) is 0 Å². The number of para-hydroxylation sites is 1. The molecule has 270 valence electrons. The van der Waals surface area contributed by atoms with Gasteiger partial charge in [0.2, 0.25) is 0 Å². The van der Waals surface area contributed by atoms with Crippen molar-refractivity contribution in [1.29, 1.82) is 0 Å². The van der Waals surface area contributed by atoms with Crippen LogP contribution in [0.4, 0.5) is 17.1 Å². The first-order chi connectivity index (χ1) is 26.3. The van der Waals surface area contributed by atoms with Gasteiger partial charge in [-0.3, -0.25) is 0 Å². The molecule has 2 aliphatic carbocycles. The van der Waals surface area contributed by atoms with Crippen molar-refractivity contribution < 1.29 is 4.42 Å². The molecule has 0 radical (unpaired) electrons. The Balaban J connectivity index is 1.10. The molecular formula is C53H47NO. The van der Waals surface area contributed by atoms with Crippen LogP contribution in [0.5, 0.6) is 0 Å². The molecule has 0 saturated heterocycles. The first-order valence-electron chi connectivity index (χ1n) is 19.7. The van der Waals surface area contributed by atoms with E-state index in [-0.39, 0.29) is 16.2 Å². The molecule has 0 N–H and O–H groups in total. The van der Waals surface area contributed by atoms with E-state index in [4.69, 9.17) is 4.42 Å².